The zero-order valence-electron chi connectivity index (χ0n) is 10.8. The Kier molecular flexibility index (Phi) is 3.91. The molecule has 6 nitrogen and oxygen atoms in total. The van der Waals surface area contributed by atoms with Crippen molar-refractivity contribution in [2.75, 3.05) is 0 Å². The molecule has 0 aliphatic carbocycles. The lowest BCUT2D eigenvalue weighted by Gasteiger charge is -2.06. The summed E-state index contributed by atoms with van der Waals surface area (Å²) in [6, 6.07) is 6.94. The molecule has 1 aromatic carbocycles. The number of aromatic nitrogens is 1. The second-order valence-electron chi connectivity index (χ2n) is 4.35. The topological polar surface area (TPSA) is 81.2 Å². The van der Waals surface area contributed by atoms with Crippen LogP contribution in [0.15, 0.2) is 28.8 Å². The van der Waals surface area contributed by atoms with Crippen LogP contribution in [0, 0.1) is 24.0 Å². The zero-order chi connectivity index (χ0) is 13.8. The first-order valence-corrected chi connectivity index (χ1v) is 5.93. The van der Waals surface area contributed by atoms with Crippen LogP contribution in [0.2, 0.25) is 0 Å². The first-order chi connectivity index (χ1) is 9.08. The molecule has 2 rings (SSSR count). The number of nitro benzene ring substituents is 1. The summed E-state index contributed by atoms with van der Waals surface area (Å²) in [5.41, 5.74) is 2.57. The van der Waals surface area contributed by atoms with E-state index in [9.17, 15) is 10.1 Å². The maximum absolute atomic E-state index is 10.8. The molecule has 0 radical (unpaired) electrons. The minimum Gasteiger partial charge on any atom is -0.361 e. The second-order valence-corrected chi connectivity index (χ2v) is 4.35. The van der Waals surface area contributed by atoms with Gasteiger partial charge in [-0.05, 0) is 19.4 Å². The highest BCUT2D eigenvalue weighted by Crippen LogP contribution is 2.20. The Morgan fingerprint density at radius 3 is 2.79 bits per heavy atom. The number of nitrogens with one attached hydrogen (secondary N) is 1. The van der Waals surface area contributed by atoms with Gasteiger partial charge in [-0.3, -0.25) is 10.1 Å². The van der Waals surface area contributed by atoms with Crippen LogP contribution >= 0.6 is 0 Å². The molecule has 0 fully saturated rings. The van der Waals surface area contributed by atoms with Crippen LogP contribution in [0.5, 0.6) is 0 Å². The number of nitro groups is 1. The van der Waals surface area contributed by atoms with E-state index in [0.717, 1.165) is 17.0 Å². The molecule has 0 saturated carbocycles. The molecule has 100 valence electrons. The lowest BCUT2D eigenvalue weighted by Crippen LogP contribution is -2.14. The van der Waals surface area contributed by atoms with Crippen molar-refractivity contribution in [1.29, 1.82) is 0 Å². The van der Waals surface area contributed by atoms with E-state index in [1.54, 1.807) is 13.0 Å². The summed E-state index contributed by atoms with van der Waals surface area (Å²) in [5, 5.41) is 17.9. The highest BCUT2D eigenvalue weighted by Gasteiger charge is 2.12. The molecule has 1 aromatic heterocycles. The fourth-order valence-electron chi connectivity index (χ4n) is 1.89. The van der Waals surface area contributed by atoms with Crippen LogP contribution in [0.1, 0.15) is 22.6 Å². The summed E-state index contributed by atoms with van der Waals surface area (Å²) >= 11 is 0. The van der Waals surface area contributed by atoms with Crippen LogP contribution < -0.4 is 5.32 Å². The molecule has 19 heavy (non-hydrogen) atoms. The Balaban J connectivity index is 2.00. The first kappa shape index (κ1) is 13.2. The third-order valence-electron chi connectivity index (χ3n) is 2.91. The van der Waals surface area contributed by atoms with E-state index in [4.69, 9.17) is 4.52 Å². The van der Waals surface area contributed by atoms with E-state index in [1.165, 1.54) is 6.07 Å². The number of hydrogen-bond donors (Lipinski definition) is 1. The van der Waals surface area contributed by atoms with E-state index >= 15 is 0 Å². The molecule has 6 heteroatoms. The highest BCUT2D eigenvalue weighted by atomic mass is 16.6. The lowest BCUT2D eigenvalue weighted by atomic mass is 10.1. The monoisotopic (exact) mass is 261 g/mol. The Labute approximate surface area is 110 Å². The van der Waals surface area contributed by atoms with E-state index in [-0.39, 0.29) is 10.6 Å². The fourth-order valence-corrected chi connectivity index (χ4v) is 1.89. The summed E-state index contributed by atoms with van der Waals surface area (Å²) in [7, 11) is 0. The van der Waals surface area contributed by atoms with Gasteiger partial charge in [-0.1, -0.05) is 17.3 Å². The van der Waals surface area contributed by atoms with Gasteiger partial charge in [0.15, 0.2) is 0 Å². The van der Waals surface area contributed by atoms with Gasteiger partial charge in [-0.2, -0.15) is 0 Å². The molecular formula is C13H15N3O3. The molecule has 0 amide bonds. The summed E-state index contributed by atoms with van der Waals surface area (Å²) in [6.45, 7) is 4.72. The largest absolute Gasteiger partial charge is 0.361 e. The molecule has 1 N–H and O–H groups in total. The molecule has 2 aromatic rings. The van der Waals surface area contributed by atoms with Crippen LogP contribution in [-0.2, 0) is 13.1 Å². The number of hydrogen-bond acceptors (Lipinski definition) is 5. The fraction of sp³-hybridized carbons (Fsp3) is 0.308. The summed E-state index contributed by atoms with van der Waals surface area (Å²) in [5.74, 6) is 0.767. The molecule has 0 saturated heterocycles. The first-order valence-electron chi connectivity index (χ1n) is 5.93. The summed E-state index contributed by atoms with van der Waals surface area (Å²) in [4.78, 5) is 10.5. The van der Waals surface area contributed by atoms with Gasteiger partial charge in [0, 0.05) is 30.8 Å². The maximum Gasteiger partial charge on any atom is 0.272 e. The van der Waals surface area contributed by atoms with Crippen molar-refractivity contribution >= 4 is 5.69 Å². The van der Waals surface area contributed by atoms with Crippen LogP contribution in [-0.4, -0.2) is 10.1 Å². The summed E-state index contributed by atoms with van der Waals surface area (Å²) < 4.78 is 4.96. The van der Waals surface area contributed by atoms with Crippen LogP contribution in [0.4, 0.5) is 5.69 Å². The predicted octanol–water partition coefficient (Wildman–Crippen LogP) is 2.49. The molecule has 0 aliphatic rings. The standard InChI is InChI=1S/C13H15N3O3/c1-9-6-12(15-19-9)8-14-7-11-4-3-5-13(10(11)2)16(17)18/h3-6,14H,7-8H2,1-2H3. The van der Waals surface area contributed by atoms with Crippen molar-refractivity contribution in [3.63, 3.8) is 0 Å². The average molecular weight is 261 g/mol. The number of benzene rings is 1. The van der Waals surface area contributed by atoms with Gasteiger partial charge < -0.3 is 9.84 Å². The van der Waals surface area contributed by atoms with E-state index in [0.29, 0.717) is 18.7 Å². The van der Waals surface area contributed by atoms with Crippen molar-refractivity contribution in [1.82, 2.24) is 10.5 Å². The Morgan fingerprint density at radius 2 is 2.16 bits per heavy atom. The molecule has 1 heterocycles. The molecule has 0 aliphatic heterocycles. The lowest BCUT2D eigenvalue weighted by molar-refractivity contribution is -0.385. The highest BCUT2D eigenvalue weighted by molar-refractivity contribution is 5.44. The molecule has 0 atom stereocenters. The van der Waals surface area contributed by atoms with Gasteiger partial charge in [0.25, 0.3) is 5.69 Å². The van der Waals surface area contributed by atoms with Gasteiger partial charge in [0.05, 0.1) is 10.6 Å². The third kappa shape index (κ3) is 3.17. The minimum atomic E-state index is -0.361. The van der Waals surface area contributed by atoms with Gasteiger partial charge in [-0.25, -0.2) is 0 Å². The van der Waals surface area contributed by atoms with E-state index in [1.807, 2.05) is 19.1 Å². The molecule has 0 unspecified atom stereocenters. The second kappa shape index (κ2) is 5.62. The number of nitrogens with zero attached hydrogens (tertiary/aromatic N) is 2. The van der Waals surface area contributed by atoms with Crippen molar-refractivity contribution in [3.8, 4) is 0 Å². The smallest absolute Gasteiger partial charge is 0.272 e. The Hall–Kier alpha value is -2.21. The number of rotatable bonds is 5. The SMILES string of the molecule is Cc1cc(CNCc2cccc([N+](=O)[O-])c2C)no1. The number of aryl methyl sites for hydroxylation is 1. The average Bonchev–Trinajstić information content (AvgIpc) is 2.77. The quantitative estimate of drug-likeness (QED) is 0.660. The molecule has 0 spiro atoms. The minimum absolute atomic E-state index is 0.150. The molecular weight excluding hydrogens is 246 g/mol. The van der Waals surface area contributed by atoms with Crippen LogP contribution in [0.3, 0.4) is 0 Å². The van der Waals surface area contributed by atoms with Crippen molar-refractivity contribution in [3.05, 3.63) is 57.0 Å². The third-order valence-corrected chi connectivity index (χ3v) is 2.91. The Bertz CT molecular complexity index is 593. The Morgan fingerprint density at radius 1 is 1.37 bits per heavy atom. The normalized spacial score (nSPS) is 10.6. The van der Waals surface area contributed by atoms with Crippen molar-refractivity contribution in [2.45, 2.75) is 26.9 Å². The van der Waals surface area contributed by atoms with E-state index in [2.05, 4.69) is 10.5 Å². The van der Waals surface area contributed by atoms with Crippen molar-refractivity contribution in [2.24, 2.45) is 0 Å². The van der Waals surface area contributed by atoms with Gasteiger partial charge in [0.2, 0.25) is 0 Å². The van der Waals surface area contributed by atoms with Gasteiger partial charge in [-0.15, -0.1) is 0 Å². The van der Waals surface area contributed by atoms with E-state index < -0.39 is 0 Å². The zero-order valence-corrected chi connectivity index (χ0v) is 10.8. The van der Waals surface area contributed by atoms with Gasteiger partial charge >= 0.3 is 0 Å². The molecule has 0 bridgehead atoms. The maximum atomic E-state index is 10.8. The van der Waals surface area contributed by atoms with Gasteiger partial charge in [0.1, 0.15) is 5.76 Å². The van der Waals surface area contributed by atoms with Crippen LogP contribution in [0.25, 0.3) is 0 Å². The summed E-state index contributed by atoms with van der Waals surface area (Å²) in [6.07, 6.45) is 0. The van der Waals surface area contributed by atoms with Crippen molar-refractivity contribution < 1.29 is 9.45 Å². The predicted molar refractivity (Wildman–Crippen MR) is 69.6 cm³/mol.